The van der Waals surface area contributed by atoms with Crippen molar-refractivity contribution >= 4 is 17.6 Å². The standard InChI is InChI=1S/C22H16F6N8/c1-2-14(21(23,24)25)33-19-35-17(13-4-3-5-15(32-13)22(26,27)28)34-18(36-19)31-12-6-9-30-16(10-12)20(11-29)7-8-20/h2-6,9-10,14H,1,7-8H2,(H2,30,31,33,34,35,36)/t14-/m1/s1. The molecule has 0 spiro atoms. The maximum Gasteiger partial charge on any atom is 0.433 e. The van der Waals surface area contributed by atoms with Crippen molar-refractivity contribution in [3.05, 3.63) is 60.6 Å². The number of nitrogens with zero attached hydrogens (tertiary/aromatic N) is 6. The molecule has 0 amide bonds. The van der Waals surface area contributed by atoms with Crippen molar-refractivity contribution in [3.8, 4) is 17.6 Å². The molecular formula is C22H16F6N8. The lowest BCUT2D eigenvalue weighted by atomic mass is 10.0. The number of hydrogen-bond donors (Lipinski definition) is 2. The molecule has 3 aromatic rings. The maximum absolute atomic E-state index is 13.3. The Bertz CT molecular complexity index is 1330. The summed E-state index contributed by atoms with van der Waals surface area (Å²) in [7, 11) is 0. The second kappa shape index (κ2) is 9.06. The summed E-state index contributed by atoms with van der Waals surface area (Å²) in [5, 5.41) is 14.2. The first-order valence-corrected chi connectivity index (χ1v) is 10.3. The zero-order valence-electron chi connectivity index (χ0n) is 18.2. The van der Waals surface area contributed by atoms with E-state index in [9.17, 15) is 31.6 Å². The molecule has 1 saturated carbocycles. The number of nitriles is 1. The van der Waals surface area contributed by atoms with Crippen molar-refractivity contribution in [2.24, 2.45) is 0 Å². The third-order valence-corrected chi connectivity index (χ3v) is 5.25. The number of hydrogen-bond acceptors (Lipinski definition) is 8. The summed E-state index contributed by atoms with van der Waals surface area (Å²) in [5.74, 6) is -1.25. The highest BCUT2D eigenvalue weighted by Crippen LogP contribution is 2.47. The van der Waals surface area contributed by atoms with Gasteiger partial charge in [-0.15, -0.1) is 6.58 Å². The minimum absolute atomic E-state index is 0.273. The van der Waals surface area contributed by atoms with Crippen LogP contribution in [0.3, 0.4) is 0 Å². The van der Waals surface area contributed by atoms with Gasteiger partial charge >= 0.3 is 12.4 Å². The van der Waals surface area contributed by atoms with Gasteiger partial charge in [-0.05, 0) is 37.1 Å². The highest BCUT2D eigenvalue weighted by atomic mass is 19.4. The van der Waals surface area contributed by atoms with Crippen LogP contribution in [0.1, 0.15) is 24.2 Å². The molecule has 14 heteroatoms. The van der Waals surface area contributed by atoms with Crippen molar-refractivity contribution < 1.29 is 26.3 Å². The molecule has 3 aromatic heterocycles. The van der Waals surface area contributed by atoms with E-state index in [0.29, 0.717) is 30.3 Å². The molecule has 186 valence electrons. The fraction of sp³-hybridized carbons (Fsp3) is 0.273. The van der Waals surface area contributed by atoms with Gasteiger partial charge in [-0.25, -0.2) is 4.98 Å². The van der Waals surface area contributed by atoms with Crippen LogP contribution in [0.5, 0.6) is 0 Å². The van der Waals surface area contributed by atoms with E-state index in [0.717, 1.165) is 12.1 Å². The Balaban J connectivity index is 1.74. The van der Waals surface area contributed by atoms with E-state index in [1.165, 1.54) is 18.3 Å². The summed E-state index contributed by atoms with van der Waals surface area (Å²) in [5.41, 5.74) is -1.42. The molecule has 1 aliphatic rings. The zero-order chi connectivity index (χ0) is 26.1. The van der Waals surface area contributed by atoms with Gasteiger partial charge in [-0.3, -0.25) is 4.98 Å². The summed E-state index contributed by atoms with van der Waals surface area (Å²) < 4.78 is 79.2. The Hall–Kier alpha value is -4.28. The number of pyridine rings is 2. The van der Waals surface area contributed by atoms with Crippen LogP contribution in [0.2, 0.25) is 0 Å². The Morgan fingerprint density at radius 2 is 1.75 bits per heavy atom. The number of rotatable bonds is 7. The van der Waals surface area contributed by atoms with Gasteiger partial charge in [-0.2, -0.15) is 46.6 Å². The minimum atomic E-state index is -4.76. The second-order valence-electron chi connectivity index (χ2n) is 7.86. The quantitative estimate of drug-likeness (QED) is 0.333. The Kier molecular flexibility index (Phi) is 6.25. The van der Waals surface area contributed by atoms with Crippen LogP contribution in [-0.4, -0.2) is 37.1 Å². The van der Waals surface area contributed by atoms with E-state index in [-0.39, 0.29) is 11.6 Å². The van der Waals surface area contributed by atoms with E-state index in [4.69, 9.17) is 0 Å². The highest BCUT2D eigenvalue weighted by molar-refractivity contribution is 5.60. The Morgan fingerprint density at radius 1 is 1.03 bits per heavy atom. The summed E-state index contributed by atoms with van der Waals surface area (Å²) >= 11 is 0. The molecule has 2 N–H and O–H groups in total. The first kappa shape index (κ1) is 24.8. The van der Waals surface area contributed by atoms with Crippen LogP contribution >= 0.6 is 0 Å². The SMILES string of the molecule is C=C[C@@H](Nc1nc(Nc2ccnc(C3(C#N)CC3)c2)nc(-c2cccc(C(F)(F)F)n2)n1)C(F)(F)F. The number of anilines is 3. The molecule has 1 aliphatic carbocycles. The van der Waals surface area contributed by atoms with Gasteiger partial charge in [0, 0.05) is 11.9 Å². The average molecular weight is 506 g/mol. The predicted molar refractivity (Wildman–Crippen MR) is 116 cm³/mol. The third-order valence-electron chi connectivity index (χ3n) is 5.25. The van der Waals surface area contributed by atoms with E-state index < -0.39 is 41.3 Å². The van der Waals surface area contributed by atoms with Gasteiger partial charge in [0.25, 0.3) is 0 Å². The molecule has 4 rings (SSSR count). The van der Waals surface area contributed by atoms with Gasteiger partial charge in [0.15, 0.2) is 5.82 Å². The predicted octanol–water partition coefficient (Wildman–Crippen LogP) is 5.17. The molecule has 1 fully saturated rings. The molecule has 0 radical (unpaired) electrons. The molecule has 0 bridgehead atoms. The molecule has 0 aliphatic heterocycles. The van der Waals surface area contributed by atoms with Gasteiger partial charge in [-0.1, -0.05) is 12.1 Å². The summed E-state index contributed by atoms with van der Waals surface area (Å²) in [6, 6.07) is 6.03. The van der Waals surface area contributed by atoms with Crippen molar-refractivity contribution in [3.63, 3.8) is 0 Å². The normalized spacial score (nSPS) is 15.5. The van der Waals surface area contributed by atoms with Crippen LogP contribution < -0.4 is 10.6 Å². The lowest BCUT2D eigenvalue weighted by molar-refractivity contribution is -0.141. The van der Waals surface area contributed by atoms with Crippen LogP contribution in [0.4, 0.5) is 43.9 Å². The Labute approximate surface area is 200 Å². The maximum atomic E-state index is 13.3. The van der Waals surface area contributed by atoms with Crippen molar-refractivity contribution in [1.29, 1.82) is 5.26 Å². The first-order chi connectivity index (χ1) is 16.9. The fourth-order valence-corrected chi connectivity index (χ4v) is 3.19. The zero-order valence-corrected chi connectivity index (χ0v) is 18.2. The second-order valence-corrected chi connectivity index (χ2v) is 7.86. The van der Waals surface area contributed by atoms with Crippen LogP contribution in [0, 0.1) is 11.3 Å². The van der Waals surface area contributed by atoms with E-state index in [1.807, 2.05) is 0 Å². The number of alkyl halides is 6. The third kappa shape index (κ3) is 5.35. The number of nitrogens with one attached hydrogen (secondary N) is 2. The van der Waals surface area contributed by atoms with Crippen LogP contribution in [0.15, 0.2) is 49.2 Å². The first-order valence-electron chi connectivity index (χ1n) is 10.3. The van der Waals surface area contributed by atoms with E-state index in [1.54, 1.807) is 6.07 Å². The lowest BCUT2D eigenvalue weighted by Gasteiger charge is -2.18. The van der Waals surface area contributed by atoms with Crippen LogP contribution in [-0.2, 0) is 11.6 Å². The van der Waals surface area contributed by atoms with Crippen LogP contribution in [0.25, 0.3) is 11.5 Å². The molecular weight excluding hydrogens is 490 g/mol. The Morgan fingerprint density at radius 3 is 2.36 bits per heavy atom. The van der Waals surface area contributed by atoms with Crippen molar-refractivity contribution in [2.45, 2.75) is 36.7 Å². The lowest BCUT2D eigenvalue weighted by Crippen LogP contribution is -2.35. The minimum Gasteiger partial charge on any atom is -0.339 e. The van der Waals surface area contributed by atoms with E-state index >= 15 is 0 Å². The van der Waals surface area contributed by atoms with Crippen molar-refractivity contribution in [2.75, 3.05) is 10.6 Å². The number of aromatic nitrogens is 5. The smallest absolute Gasteiger partial charge is 0.339 e. The van der Waals surface area contributed by atoms with Gasteiger partial charge < -0.3 is 10.6 Å². The van der Waals surface area contributed by atoms with Gasteiger partial charge in [0.1, 0.15) is 17.4 Å². The largest absolute Gasteiger partial charge is 0.433 e. The molecule has 1 atom stereocenters. The number of halogens is 6. The summed E-state index contributed by atoms with van der Waals surface area (Å²) in [6.07, 6.45) is -6.22. The van der Waals surface area contributed by atoms with Gasteiger partial charge in [0.05, 0.1) is 17.2 Å². The average Bonchev–Trinajstić information content (AvgIpc) is 3.63. The van der Waals surface area contributed by atoms with E-state index in [2.05, 4.69) is 48.2 Å². The highest BCUT2D eigenvalue weighted by Gasteiger charge is 2.46. The molecule has 0 saturated heterocycles. The summed E-state index contributed by atoms with van der Waals surface area (Å²) in [6.45, 7) is 3.14. The monoisotopic (exact) mass is 506 g/mol. The molecule has 36 heavy (non-hydrogen) atoms. The van der Waals surface area contributed by atoms with Crippen molar-refractivity contribution in [1.82, 2.24) is 24.9 Å². The molecule has 3 heterocycles. The molecule has 0 aromatic carbocycles. The fourth-order valence-electron chi connectivity index (χ4n) is 3.19. The topological polar surface area (TPSA) is 112 Å². The molecule has 8 nitrogen and oxygen atoms in total. The van der Waals surface area contributed by atoms with Gasteiger partial charge in [0.2, 0.25) is 11.9 Å². The molecule has 0 unspecified atom stereocenters. The summed E-state index contributed by atoms with van der Waals surface area (Å²) in [4.78, 5) is 19.5.